The van der Waals surface area contributed by atoms with Crippen LogP contribution in [0.1, 0.15) is 57.1 Å². The fraction of sp³-hybridized carbons (Fsp3) is 0.200. The molecule has 0 N–H and O–H groups in total. The number of halogens is 6. The fourth-order valence-electron chi connectivity index (χ4n) is 4.83. The van der Waals surface area contributed by atoms with Crippen LogP contribution in [0.5, 0.6) is 0 Å². The molecular weight excluding hydrogens is 534 g/mol. The van der Waals surface area contributed by atoms with Crippen molar-refractivity contribution in [3.05, 3.63) is 130 Å². The first-order valence-electron chi connectivity index (χ1n) is 13.4. The summed E-state index contributed by atoms with van der Waals surface area (Å²) in [5.41, 5.74) is 4.13. The maximum atomic E-state index is 14.7. The molecule has 212 valence electrons. The van der Waals surface area contributed by atoms with Crippen molar-refractivity contribution >= 4 is 12.2 Å². The molecule has 0 heterocycles. The van der Waals surface area contributed by atoms with E-state index in [2.05, 4.69) is 0 Å². The highest BCUT2D eigenvalue weighted by Gasteiger charge is 2.10. The molecule has 0 aliphatic heterocycles. The number of hydrogen-bond acceptors (Lipinski definition) is 0. The van der Waals surface area contributed by atoms with Crippen LogP contribution in [-0.4, -0.2) is 0 Å². The molecule has 4 aromatic rings. The predicted octanol–water partition coefficient (Wildman–Crippen LogP) is 11.3. The van der Waals surface area contributed by atoms with Gasteiger partial charge in [0.25, 0.3) is 0 Å². The Balaban J connectivity index is 1.26. The summed E-state index contributed by atoms with van der Waals surface area (Å²) < 4.78 is 83.3. The van der Waals surface area contributed by atoms with Gasteiger partial charge >= 0.3 is 0 Å². The van der Waals surface area contributed by atoms with Crippen molar-refractivity contribution in [2.24, 2.45) is 0 Å². The van der Waals surface area contributed by atoms with E-state index in [0.717, 1.165) is 79.6 Å². The highest BCUT2D eigenvalue weighted by atomic mass is 19.2. The van der Waals surface area contributed by atoms with Gasteiger partial charge in [0.15, 0.2) is 0 Å². The van der Waals surface area contributed by atoms with E-state index in [1.807, 2.05) is 26.0 Å². The van der Waals surface area contributed by atoms with Crippen LogP contribution in [0.4, 0.5) is 26.3 Å². The molecule has 0 bridgehead atoms. The van der Waals surface area contributed by atoms with Gasteiger partial charge in [0.2, 0.25) is 0 Å². The maximum absolute atomic E-state index is 14.7. The first-order valence-corrected chi connectivity index (χ1v) is 13.4. The molecule has 0 amide bonds. The second-order valence-electron chi connectivity index (χ2n) is 10.3. The van der Waals surface area contributed by atoms with Crippen molar-refractivity contribution in [3.63, 3.8) is 0 Å². The molecule has 0 nitrogen and oxygen atoms in total. The zero-order valence-electron chi connectivity index (χ0n) is 22.9. The van der Waals surface area contributed by atoms with Gasteiger partial charge in [0.05, 0.1) is 0 Å². The summed E-state index contributed by atoms with van der Waals surface area (Å²) in [5, 5.41) is 0. The van der Waals surface area contributed by atoms with E-state index < -0.39 is 34.9 Å². The topological polar surface area (TPSA) is 0 Å². The van der Waals surface area contributed by atoms with Crippen molar-refractivity contribution in [1.82, 2.24) is 0 Å². The fourth-order valence-corrected chi connectivity index (χ4v) is 4.83. The van der Waals surface area contributed by atoms with Crippen LogP contribution in [0.15, 0.2) is 83.9 Å². The van der Waals surface area contributed by atoms with Gasteiger partial charge in [-0.05, 0) is 98.2 Å². The van der Waals surface area contributed by atoms with E-state index in [1.54, 1.807) is 12.1 Å². The van der Waals surface area contributed by atoms with E-state index in [4.69, 9.17) is 0 Å². The second-order valence-corrected chi connectivity index (χ2v) is 10.3. The average Bonchev–Trinajstić information content (AvgIpc) is 2.87. The van der Waals surface area contributed by atoms with Gasteiger partial charge in [-0.3, -0.25) is 0 Å². The number of unbranched alkanes of at least 4 members (excludes halogenated alkanes) is 2. The minimum Gasteiger partial charge on any atom is -0.207 e. The molecule has 0 spiro atoms. The van der Waals surface area contributed by atoms with Crippen molar-refractivity contribution in [1.29, 1.82) is 0 Å². The molecule has 0 unspecified atom stereocenters. The summed E-state index contributed by atoms with van der Waals surface area (Å²) in [5.74, 6) is -4.11. The second kappa shape index (κ2) is 13.5. The van der Waals surface area contributed by atoms with Crippen molar-refractivity contribution in [2.75, 3.05) is 0 Å². The van der Waals surface area contributed by atoms with Crippen LogP contribution in [0.3, 0.4) is 0 Å². The van der Waals surface area contributed by atoms with Crippen molar-refractivity contribution < 1.29 is 26.3 Å². The van der Waals surface area contributed by atoms with Crippen LogP contribution in [0.2, 0.25) is 0 Å². The molecule has 0 radical (unpaired) electrons. The molecule has 0 saturated heterocycles. The Bertz CT molecular complexity index is 1440. The molecular formula is C35H30F6. The van der Waals surface area contributed by atoms with Crippen LogP contribution >= 0.6 is 0 Å². The van der Waals surface area contributed by atoms with Crippen LogP contribution < -0.4 is 0 Å². The first kappa shape index (κ1) is 29.9. The van der Waals surface area contributed by atoms with Gasteiger partial charge in [-0.1, -0.05) is 54.0 Å². The summed E-state index contributed by atoms with van der Waals surface area (Å²) in [6.45, 7) is 3.96. The Hall–Kier alpha value is -4.06. The molecule has 0 saturated carbocycles. The van der Waals surface area contributed by atoms with Gasteiger partial charge in [-0.15, -0.1) is 0 Å². The lowest BCUT2D eigenvalue weighted by Crippen LogP contribution is -1.90. The predicted molar refractivity (Wildman–Crippen MR) is 154 cm³/mol. The van der Waals surface area contributed by atoms with Gasteiger partial charge in [0, 0.05) is 23.3 Å². The number of hydrogen-bond donors (Lipinski definition) is 0. The third-order valence-corrected chi connectivity index (χ3v) is 6.80. The van der Waals surface area contributed by atoms with Crippen molar-refractivity contribution in [2.45, 2.75) is 46.0 Å². The highest BCUT2D eigenvalue weighted by Crippen LogP contribution is 2.28. The van der Waals surface area contributed by atoms with Crippen molar-refractivity contribution in [3.8, 4) is 22.3 Å². The Kier molecular flexibility index (Phi) is 9.87. The SMILES string of the molecule is C/C(=C\c1ccc(-c2cc(F)cc(F)c2)c(F)c1)CCCCC/C(C)=C/c1ccc(-c2cc(F)cc(F)c2)c(F)c1. The van der Waals surface area contributed by atoms with Gasteiger partial charge in [-0.2, -0.15) is 0 Å². The molecule has 0 fully saturated rings. The lowest BCUT2D eigenvalue weighted by Gasteiger charge is -2.07. The molecule has 0 atom stereocenters. The Morgan fingerprint density at radius 1 is 0.488 bits per heavy atom. The molecule has 41 heavy (non-hydrogen) atoms. The number of allylic oxidation sites excluding steroid dienone is 2. The average molecular weight is 565 g/mol. The monoisotopic (exact) mass is 564 g/mol. The number of benzene rings is 4. The number of rotatable bonds is 10. The van der Waals surface area contributed by atoms with E-state index >= 15 is 0 Å². The Morgan fingerprint density at radius 3 is 1.20 bits per heavy atom. The highest BCUT2D eigenvalue weighted by molar-refractivity contribution is 5.68. The van der Waals surface area contributed by atoms with Crippen LogP contribution in [-0.2, 0) is 0 Å². The van der Waals surface area contributed by atoms with Gasteiger partial charge < -0.3 is 0 Å². The largest absolute Gasteiger partial charge is 0.207 e. The van der Waals surface area contributed by atoms with E-state index in [9.17, 15) is 26.3 Å². The van der Waals surface area contributed by atoms with E-state index in [1.165, 1.54) is 24.3 Å². The lowest BCUT2D eigenvalue weighted by molar-refractivity contribution is 0.582. The summed E-state index contributed by atoms with van der Waals surface area (Å²) in [6.07, 6.45) is 8.37. The molecule has 4 rings (SSSR count). The molecule has 0 aliphatic rings. The smallest absolute Gasteiger partial charge is 0.131 e. The summed E-state index contributed by atoms with van der Waals surface area (Å²) in [4.78, 5) is 0. The Labute approximate surface area is 236 Å². The third kappa shape index (κ3) is 8.46. The summed E-state index contributed by atoms with van der Waals surface area (Å²) in [6, 6.07) is 15.1. The lowest BCUT2D eigenvalue weighted by atomic mass is 9.99. The molecule has 0 aromatic heterocycles. The normalized spacial score (nSPS) is 12.2. The third-order valence-electron chi connectivity index (χ3n) is 6.80. The first-order chi connectivity index (χ1) is 19.6. The minimum absolute atomic E-state index is 0.141. The van der Waals surface area contributed by atoms with E-state index in [-0.39, 0.29) is 22.3 Å². The molecule has 6 heteroatoms. The minimum atomic E-state index is -0.756. The van der Waals surface area contributed by atoms with Crippen LogP contribution in [0.25, 0.3) is 34.4 Å². The zero-order valence-corrected chi connectivity index (χ0v) is 22.9. The zero-order chi connectivity index (χ0) is 29.5. The van der Waals surface area contributed by atoms with E-state index in [0.29, 0.717) is 11.1 Å². The van der Waals surface area contributed by atoms with Gasteiger partial charge in [-0.25, -0.2) is 26.3 Å². The standard InChI is InChI=1S/C35H30F6/c1-22(12-24-8-10-32(34(40)14-24)26-16-28(36)20-29(37)17-26)6-4-3-5-7-23(2)13-25-9-11-33(35(41)15-25)27-18-30(38)21-31(39)19-27/h8-21H,3-7H2,1-2H3/b22-12+,23-13+. The quantitative estimate of drug-likeness (QED) is 0.133. The summed E-state index contributed by atoms with van der Waals surface area (Å²) in [7, 11) is 0. The van der Waals surface area contributed by atoms with Crippen LogP contribution in [0, 0.1) is 34.9 Å². The maximum Gasteiger partial charge on any atom is 0.131 e. The molecule has 4 aromatic carbocycles. The molecule has 0 aliphatic carbocycles. The Morgan fingerprint density at radius 2 is 0.854 bits per heavy atom. The van der Waals surface area contributed by atoms with Gasteiger partial charge in [0.1, 0.15) is 34.9 Å². The summed E-state index contributed by atoms with van der Waals surface area (Å²) >= 11 is 0.